The highest BCUT2D eigenvalue weighted by Crippen LogP contribution is 2.45. The Balaban J connectivity index is 0.000000134. The highest BCUT2D eigenvalue weighted by atomic mass is 19.1. The van der Waals surface area contributed by atoms with Gasteiger partial charge in [-0.3, -0.25) is 0 Å². The predicted octanol–water partition coefficient (Wildman–Crippen LogP) is 30.7. The molecule has 15 rings (SSSR count). The van der Waals surface area contributed by atoms with Gasteiger partial charge in [0.15, 0.2) is 0 Å². The van der Waals surface area contributed by atoms with E-state index in [1.807, 2.05) is 74.5 Å². The van der Waals surface area contributed by atoms with Crippen molar-refractivity contribution in [1.29, 1.82) is 0 Å². The van der Waals surface area contributed by atoms with E-state index in [2.05, 4.69) is 215 Å². The van der Waals surface area contributed by atoms with Crippen molar-refractivity contribution in [2.75, 3.05) is 0 Å². The van der Waals surface area contributed by atoms with Crippen LogP contribution in [0.5, 0.6) is 0 Å². The van der Waals surface area contributed by atoms with E-state index < -0.39 is 0 Å². The van der Waals surface area contributed by atoms with Gasteiger partial charge >= 0.3 is 0 Å². The summed E-state index contributed by atoms with van der Waals surface area (Å²) in [6, 6.07) is 75.2. The van der Waals surface area contributed by atoms with Gasteiger partial charge in [0.25, 0.3) is 0 Å². The molecule has 546 valence electrons. The average molecular weight is 1380 g/mol. The van der Waals surface area contributed by atoms with Crippen LogP contribution in [-0.2, 0) is 0 Å². The summed E-state index contributed by atoms with van der Waals surface area (Å²) in [4.78, 5) is 0. The van der Waals surface area contributed by atoms with Crippen LogP contribution in [0, 0.1) is 108 Å². The van der Waals surface area contributed by atoms with Crippen molar-refractivity contribution in [3.63, 3.8) is 0 Å². The zero-order valence-electron chi connectivity index (χ0n) is 66.0. The highest BCUT2D eigenvalue weighted by Gasteiger charge is 2.31. The van der Waals surface area contributed by atoms with Crippen LogP contribution in [0.1, 0.15) is 262 Å². The Morgan fingerprint density at radius 3 is 0.621 bits per heavy atom. The maximum atomic E-state index is 14.4. The van der Waals surface area contributed by atoms with Crippen molar-refractivity contribution in [2.24, 2.45) is 53.3 Å². The molecule has 6 fully saturated rings. The summed E-state index contributed by atoms with van der Waals surface area (Å²) >= 11 is 0. The van der Waals surface area contributed by atoms with Gasteiger partial charge in [-0.2, -0.15) is 0 Å². The van der Waals surface area contributed by atoms with E-state index in [4.69, 9.17) is 0 Å². The van der Waals surface area contributed by atoms with Crippen LogP contribution in [0.25, 0.3) is 44.5 Å². The fourth-order valence-corrected chi connectivity index (χ4v) is 17.7. The van der Waals surface area contributed by atoms with E-state index in [-0.39, 0.29) is 5.82 Å². The molecule has 0 heterocycles. The predicted molar refractivity (Wildman–Crippen MR) is 446 cm³/mol. The topological polar surface area (TPSA) is 0 Å². The van der Waals surface area contributed by atoms with E-state index in [1.165, 1.54) is 195 Å². The summed E-state index contributed by atoms with van der Waals surface area (Å²) in [6.45, 7) is 26.8. The normalized spacial score (nSPS) is 24.6. The van der Waals surface area contributed by atoms with Crippen molar-refractivity contribution in [3.05, 3.63) is 274 Å². The van der Waals surface area contributed by atoms with E-state index in [1.54, 1.807) is 42.9 Å². The second-order valence-electron chi connectivity index (χ2n) is 34.1. The monoisotopic (exact) mass is 1380 g/mol. The first kappa shape index (κ1) is 78.5. The molecule has 6 aliphatic carbocycles. The maximum Gasteiger partial charge on any atom is 0.131 e. The third-order valence-corrected chi connectivity index (χ3v) is 25.3. The number of benzene rings is 9. The molecule has 0 amide bonds. The number of aryl methyl sites for hydroxylation is 7. The molecule has 0 atom stereocenters. The molecule has 9 aromatic rings. The lowest BCUT2D eigenvalue weighted by atomic mass is 9.68. The lowest BCUT2D eigenvalue weighted by Gasteiger charge is -2.37. The summed E-state index contributed by atoms with van der Waals surface area (Å²) in [6.07, 6.45) is 35.2. The molecule has 0 spiro atoms. The molecule has 0 saturated heterocycles. The van der Waals surface area contributed by atoms with E-state index in [0.717, 1.165) is 87.7 Å². The first-order valence-electron chi connectivity index (χ1n) is 41.2. The Morgan fingerprint density at radius 1 is 0.194 bits per heavy atom. The zero-order chi connectivity index (χ0) is 72.6. The summed E-state index contributed by atoms with van der Waals surface area (Å²) in [5.74, 6) is 11.5. The quantitative estimate of drug-likeness (QED) is 0.135. The molecule has 9 aromatic carbocycles. The number of hydrogen-bond acceptors (Lipinski definition) is 0. The van der Waals surface area contributed by atoms with Crippen molar-refractivity contribution < 1.29 is 4.39 Å². The second-order valence-corrected chi connectivity index (χ2v) is 34.1. The largest absolute Gasteiger partial charge is 0.206 e. The van der Waals surface area contributed by atoms with Crippen LogP contribution in [0.15, 0.2) is 212 Å². The molecule has 0 radical (unpaired) electrons. The summed E-state index contributed by atoms with van der Waals surface area (Å²) in [5, 5.41) is 0. The van der Waals surface area contributed by atoms with Crippen molar-refractivity contribution >= 4 is 0 Å². The molecule has 1 heteroatoms. The molecule has 0 nitrogen and oxygen atoms in total. The lowest BCUT2D eigenvalue weighted by Crippen LogP contribution is -2.24. The first-order valence-corrected chi connectivity index (χ1v) is 41.2. The molecule has 6 saturated carbocycles. The van der Waals surface area contributed by atoms with Gasteiger partial charge in [-0.25, -0.2) is 4.39 Å². The SMILES string of the molecule is CC1CCC(C2CCC(C)CC2)CC1.Cc1ccc(-c2ccc(-c3ccc(C)cc3)c(F)c2)cc1.Cc1ccc(-c2ccc(C)cc2)cc1.Cc1ccc(-c2ccc(C3CCC(C)CC3)cc2)cc1.Cc1ccc(C2CCC(C)CC2)cc1.Cc1ccc(C2CCC(C3CCC(C)CC3)CC2)cc1. The molecule has 103 heavy (non-hydrogen) atoms. The second kappa shape index (κ2) is 39.9. The third kappa shape index (κ3) is 24.8. The molecular weight excluding hydrogens is 1240 g/mol. The van der Waals surface area contributed by atoms with E-state index in [0.29, 0.717) is 5.56 Å². The Kier molecular flexibility index (Phi) is 30.4. The fraction of sp³-hybridized carbons (Fsp3) is 0.471. The van der Waals surface area contributed by atoms with E-state index in [9.17, 15) is 4.39 Å². The van der Waals surface area contributed by atoms with Gasteiger partial charge < -0.3 is 0 Å². The Bertz CT molecular complexity index is 3760. The van der Waals surface area contributed by atoms with Gasteiger partial charge in [-0.05, 0) is 271 Å². The van der Waals surface area contributed by atoms with Crippen LogP contribution in [0.3, 0.4) is 0 Å². The van der Waals surface area contributed by atoms with Crippen LogP contribution >= 0.6 is 0 Å². The van der Waals surface area contributed by atoms with Gasteiger partial charge in [0.1, 0.15) is 5.82 Å². The summed E-state index contributed by atoms with van der Waals surface area (Å²) in [5.41, 5.74) is 22.5. The van der Waals surface area contributed by atoms with Crippen LogP contribution in [0.4, 0.5) is 4.39 Å². The van der Waals surface area contributed by atoms with Gasteiger partial charge in [-0.1, -0.05) is 344 Å². The standard InChI is InChI=1S/C20H17F.C20H30.C20H24.C14H26.C14H20.C14H14/c1-14-3-7-16(8-4-14)18-11-12-19(20(21)13-18)17-9-5-15(2)6-10-17;2*1-15-3-7-17(8-4-15)19-11-13-20(14-12-19)18-9-5-16(2)6-10-18;3*1-11-3-7-13(8-4-11)14-9-5-12(2)6-10-14/h3-13H,1-2H3;3-4,7-8,16,18-20H,5-6,9-14H2,1-2H3;3-4,7-8,11-14,16,18H,5-6,9-10H2,1-2H3;11-14H,3-10H2,1-2H3;3-4,7-8,12,14H,5-6,9-10H2,1-2H3;3-10H,1-2H3. The molecule has 6 aliphatic rings. The highest BCUT2D eigenvalue weighted by molar-refractivity contribution is 5.71. The number of halogens is 1. The molecular formula is C102H131F. The molecule has 0 N–H and O–H groups in total. The molecule has 0 bridgehead atoms. The minimum Gasteiger partial charge on any atom is -0.206 e. The Labute approximate surface area is 627 Å². The average Bonchev–Trinajstić information content (AvgIpc) is 0.830. The first-order chi connectivity index (χ1) is 49.8. The summed E-state index contributed by atoms with van der Waals surface area (Å²) in [7, 11) is 0. The fourth-order valence-electron chi connectivity index (χ4n) is 17.7. The zero-order valence-corrected chi connectivity index (χ0v) is 66.0. The number of rotatable bonds is 9. The van der Waals surface area contributed by atoms with Crippen LogP contribution < -0.4 is 0 Å². The summed E-state index contributed by atoms with van der Waals surface area (Å²) < 4.78 is 14.4. The maximum absolute atomic E-state index is 14.4. The van der Waals surface area contributed by atoms with Crippen molar-refractivity contribution in [1.82, 2.24) is 0 Å². The minimum absolute atomic E-state index is 0.183. The molecule has 0 aromatic heterocycles. The van der Waals surface area contributed by atoms with E-state index >= 15 is 0 Å². The van der Waals surface area contributed by atoms with Crippen LogP contribution in [-0.4, -0.2) is 0 Å². The number of hydrogen-bond donors (Lipinski definition) is 0. The minimum atomic E-state index is -0.183. The van der Waals surface area contributed by atoms with Crippen LogP contribution in [0.2, 0.25) is 0 Å². The van der Waals surface area contributed by atoms with Gasteiger partial charge in [-0.15, -0.1) is 0 Å². The van der Waals surface area contributed by atoms with Gasteiger partial charge in [0.05, 0.1) is 0 Å². The molecule has 0 aliphatic heterocycles. The van der Waals surface area contributed by atoms with Crippen molar-refractivity contribution in [2.45, 2.75) is 255 Å². The third-order valence-electron chi connectivity index (χ3n) is 25.3. The Morgan fingerprint density at radius 2 is 0.369 bits per heavy atom. The van der Waals surface area contributed by atoms with Crippen molar-refractivity contribution in [3.8, 4) is 44.5 Å². The van der Waals surface area contributed by atoms with Gasteiger partial charge in [0.2, 0.25) is 0 Å². The molecule has 0 unspecified atom stereocenters. The smallest absolute Gasteiger partial charge is 0.131 e. The van der Waals surface area contributed by atoms with Gasteiger partial charge in [0, 0.05) is 5.56 Å². The lowest BCUT2D eigenvalue weighted by molar-refractivity contribution is 0.155. The Hall–Kier alpha value is -7.09.